The van der Waals surface area contributed by atoms with Gasteiger partial charge in [0.05, 0.1) is 6.10 Å². The number of rotatable bonds is 4. The van der Waals surface area contributed by atoms with Crippen molar-refractivity contribution in [2.45, 2.75) is 45.6 Å². The van der Waals surface area contributed by atoms with Crippen molar-refractivity contribution in [2.24, 2.45) is 5.41 Å². The maximum absolute atomic E-state index is 5.99. The van der Waals surface area contributed by atoms with E-state index in [0.29, 0.717) is 6.10 Å². The normalized spacial score (nSPS) is 28.8. The zero-order valence-electron chi connectivity index (χ0n) is 8.11. The number of alkyl halides is 1. The second-order valence-corrected chi connectivity index (χ2v) is 4.31. The molecule has 0 amide bonds. The molecule has 1 nitrogen and oxygen atoms in total. The van der Waals surface area contributed by atoms with Crippen molar-refractivity contribution in [3.63, 3.8) is 0 Å². The largest absolute Gasteiger partial charge is 0.378 e. The third kappa shape index (κ3) is 2.14. The Hall–Kier alpha value is 0.250. The minimum Gasteiger partial charge on any atom is -0.378 e. The Morgan fingerprint density at radius 3 is 2.75 bits per heavy atom. The van der Waals surface area contributed by atoms with Gasteiger partial charge in [0.1, 0.15) is 0 Å². The second-order valence-electron chi connectivity index (χ2n) is 4.04. The Morgan fingerprint density at radius 1 is 1.58 bits per heavy atom. The van der Waals surface area contributed by atoms with Crippen molar-refractivity contribution in [3.05, 3.63) is 0 Å². The quantitative estimate of drug-likeness (QED) is 0.619. The number of hydrogen-bond acceptors (Lipinski definition) is 1. The van der Waals surface area contributed by atoms with Crippen LogP contribution >= 0.6 is 11.6 Å². The zero-order chi connectivity index (χ0) is 9.03. The Balaban J connectivity index is 2.51. The summed E-state index contributed by atoms with van der Waals surface area (Å²) >= 11 is 5.99. The van der Waals surface area contributed by atoms with Crippen LogP contribution in [0.4, 0.5) is 0 Å². The maximum atomic E-state index is 5.99. The van der Waals surface area contributed by atoms with Crippen LogP contribution in [0, 0.1) is 5.41 Å². The van der Waals surface area contributed by atoms with Crippen LogP contribution in [-0.4, -0.2) is 18.6 Å². The van der Waals surface area contributed by atoms with E-state index < -0.39 is 0 Å². The number of hydrogen-bond donors (Lipinski definition) is 0. The maximum Gasteiger partial charge on any atom is 0.0640 e. The van der Waals surface area contributed by atoms with Gasteiger partial charge >= 0.3 is 0 Å². The Labute approximate surface area is 80.4 Å². The van der Waals surface area contributed by atoms with E-state index in [2.05, 4.69) is 13.8 Å². The first-order valence-electron chi connectivity index (χ1n) is 4.90. The van der Waals surface area contributed by atoms with Crippen molar-refractivity contribution in [1.82, 2.24) is 0 Å². The zero-order valence-corrected chi connectivity index (χ0v) is 8.86. The van der Waals surface area contributed by atoms with E-state index in [1.165, 1.54) is 25.7 Å². The third-order valence-corrected chi connectivity index (χ3v) is 3.44. The van der Waals surface area contributed by atoms with Gasteiger partial charge in [-0.25, -0.2) is 0 Å². The molecule has 0 saturated carbocycles. The van der Waals surface area contributed by atoms with Crippen molar-refractivity contribution in [1.29, 1.82) is 0 Å². The summed E-state index contributed by atoms with van der Waals surface area (Å²) in [5.74, 6) is 0.728. The fourth-order valence-electron chi connectivity index (χ4n) is 2.01. The van der Waals surface area contributed by atoms with Crippen molar-refractivity contribution < 1.29 is 4.74 Å². The van der Waals surface area contributed by atoms with Crippen LogP contribution in [0.2, 0.25) is 0 Å². The Morgan fingerprint density at radius 2 is 2.33 bits per heavy atom. The smallest absolute Gasteiger partial charge is 0.0640 e. The summed E-state index contributed by atoms with van der Waals surface area (Å²) in [4.78, 5) is 0. The number of ether oxygens (including phenoxy) is 1. The molecule has 0 aromatic rings. The van der Waals surface area contributed by atoms with Gasteiger partial charge in [0.2, 0.25) is 0 Å². The van der Waals surface area contributed by atoms with Gasteiger partial charge in [0.25, 0.3) is 0 Å². The summed E-state index contributed by atoms with van der Waals surface area (Å²) in [5, 5.41) is 0. The fraction of sp³-hybridized carbons (Fsp3) is 1.00. The minimum atomic E-state index is 0.215. The Bertz CT molecular complexity index is 132. The predicted octanol–water partition coefficient (Wildman–Crippen LogP) is 3.21. The third-order valence-electron chi connectivity index (χ3n) is 2.83. The van der Waals surface area contributed by atoms with Crippen molar-refractivity contribution in [3.8, 4) is 0 Å². The van der Waals surface area contributed by atoms with E-state index in [4.69, 9.17) is 16.3 Å². The van der Waals surface area contributed by atoms with Crippen LogP contribution < -0.4 is 0 Å². The molecule has 1 rings (SSSR count). The fourth-order valence-corrected chi connectivity index (χ4v) is 2.32. The van der Waals surface area contributed by atoms with Crippen LogP contribution in [0.1, 0.15) is 39.5 Å². The summed E-state index contributed by atoms with van der Waals surface area (Å²) in [6.45, 7) is 5.39. The molecule has 2 atom stereocenters. The highest BCUT2D eigenvalue weighted by Gasteiger charge is 2.35. The van der Waals surface area contributed by atoms with Gasteiger partial charge in [-0.3, -0.25) is 0 Å². The molecule has 12 heavy (non-hydrogen) atoms. The summed E-state index contributed by atoms with van der Waals surface area (Å²) in [6.07, 6.45) is 5.20. The average molecular weight is 191 g/mol. The van der Waals surface area contributed by atoms with E-state index >= 15 is 0 Å². The second kappa shape index (κ2) is 4.48. The molecule has 0 aliphatic carbocycles. The van der Waals surface area contributed by atoms with Gasteiger partial charge in [-0.1, -0.05) is 20.3 Å². The molecule has 0 bridgehead atoms. The molecular formula is C10H19ClO. The molecule has 1 fully saturated rings. The highest BCUT2D eigenvalue weighted by molar-refractivity contribution is 6.18. The van der Waals surface area contributed by atoms with Crippen LogP contribution in [0.5, 0.6) is 0 Å². The van der Waals surface area contributed by atoms with Crippen molar-refractivity contribution in [2.75, 3.05) is 12.5 Å². The summed E-state index contributed by atoms with van der Waals surface area (Å²) < 4.78 is 5.68. The van der Waals surface area contributed by atoms with E-state index in [9.17, 15) is 0 Å². The summed E-state index contributed by atoms with van der Waals surface area (Å²) in [5.41, 5.74) is 0.215. The average Bonchev–Trinajstić information content (AvgIpc) is 2.57. The van der Waals surface area contributed by atoms with E-state index in [-0.39, 0.29) is 5.41 Å². The molecule has 2 unspecified atom stereocenters. The van der Waals surface area contributed by atoms with Crippen LogP contribution in [0.25, 0.3) is 0 Å². The first kappa shape index (κ1) is 10.3. The first-order valence-corrected chi connectivity index (χ1v) is 5.44. The molecule has 0 aromatic heterocycles. The highest BCUT2D eigenvalue weighted by atomic mass is 35.5. The predicted molar refractivity (Wildman–Crippen MR) is 52.7 cm³/mol. The topological polar surface area (TPSA) is 9.23 Å². The van der Waals surface area contributed by atoms with E-state index in [0.717, 1.165) is 12.5 Å². The van der Waals surface area contributed by atoms with Gasteiger partial charge in [0.15, 0.2) is 0 Å². The van der Waals surface area contributed by atoms with Gasteiger partial charge in [-0.05, 0) is 19.3 Å². The highest BCUT2D eigenvalue weighted by Crippen LogP contribution is 2.36. The van der Waals surface area contributed by atoms with Gasteiger partial charge < -0.3 is 4.74 Å². The van der Waals surface area contributed by atoms with E-state index in [1.807, 2.05) is 0 Å². The molecule has 0 radical (unpaired) electrons. The number of halogens is 1. The molecule has 2 heteroatoms. The SMILES string of the molecule is CCCC(C)(CCl)C1CCCO1. The van der Waals surface area contributed by atoms with Gasteiger partial charge in [0, 0.05) is 17.9 Å². The van der Waals surface area contributed by atoms with Gasteiger partial charge in [-0.2, -0.15) is 0 Å². The lowest BCUT2D eigenvalue weighted by Crippen LogP contribution is -2.33. The molecule has 72 valence electrons. The molecule has 0 aromatic carbocycles. The van der Waals surface area contributed by atoms with E-state index in [1.54, 1.807) is 0 Å². The molecule has 0 N–H and O–H groups in total. The van der Waals surface area contributed by atoms with Crippen LogP contribution in [0.3, 0.4) is 0 Å². The molecule has 1 aliphatic heterocycles. The first-order chi connectivity index (χ1) is 5.73. The summed E-state index contributed by atoms with van der Waals surface area (Å²) in [6, 6.07) is 0. The lowest BCUT2D eigenvalue weighted by Gasteiger charge is -2.32. The molecule has 1 aliphatic rings. The lowest BCUT2D eigenvalue weighted by atomic mass is 9.81. The van der Waals surface area contributed by atoms with Crippen molar-refractivity contribution >= 4 is 11.6 Å². The summed E-state index contributed by atoms with van der Waals surface area (Å²) in [7, 11) is 0. The van der Waals surface area contributed by atoms with Crippen LogP contribution in [0.15, 0.2) is 0 Å². The van der Waals surface area contributed by atoms with Gasteiger partial charge in [-0.15, -0.1) is 11.6 Å². The minimum absolute atomic E-state index is 0.215. The monoisotopic (exact) mass is 190 g/mol. The molecule has 1 heterocycles. The van der Waals surface area contributed by atoms with Crippen LogP contribution in [-0.2, 0) is 4.74 Å². The molecule has 0 spiro atoms. The molecular weight excluding hydrogens is 172 g/mol. The molecule has 1 saturated heterocycles. The Kier molecular flexibility index (Phi) is 3.85. The lowest BCUT2D eigenvalue weighted by molar-refractivity contribution is 0.0160. The standard InChI is InChI=1S/C10H19ClO/c1-3-6-10(2,8-11)9-5-4-7-12-9/h9H,3-8H2,1-2H3.